The molecule has 1 aromatic heterocycles. The Balaban J connectivity index is 1.53. The van der Waals surface area contributed by atoms with Crippen molar-refractivity contribution in [2.24, 2.45) is 5.41 Å². The molecule has 1 fully saturated rings. The first-order valence-corrected chi connectivity index (χ1v) is 12.8. The smallest absolute Gasteiger partial charge is 0.218 e. The molecule has 3 N–H and O–H groups in total. The van der Waals surface area contributed by atoms with Crippen LogP contribution in [0, 0.1) is 22.9 Å². The molecule has 1 saturated carbocycles. The molecule has 2 aromatic rings. The minimum absolute atomic E-state index is 0.0546. The predicted molar refractivity (Wildman–Crippen MR) is 134 cm³/mol. The second-order valence-electron chi connectivity index (χ2n) is 11.7. The number of hydrogen-bond donors (Lipinski definition) is 3. The number of aliphatic hydroxyl groups is 1. The van der Waals surface area contributed by atoms with Crippen molar-refractivity contribution in [1.29, 1.82) is 0 Å². The molecule has 2 aliphatic rings. The molecular formula is C28H36F3N3O3. The van der Waals surface area contributed by atoms with Crippen molar-refractivity contribution in [3.63, 3.8) is 0 Å². The lowest BCUT2D eigenvalue weighted by Crippen LogP contribution is -2.52. The molecule has 0 bridgehead atoms. The highest BCUT2D eigenvalue weighted by molar-refractivity contribution is 5.73. The third-order valence-corrected chi connectivity index (χ3v) is 7.16. The molecule has 0 unspecified atom stereocenters. The van der Waals surface area contributed by atoms with Crippen LogP contribution >= 0.6 is 0 Å². The van der Waals surface area contributed by atoms with Gasteiger partial charge in [0.15, 0.2) is 0 Å². The van der Waals surface area contributed by atoms with E-state index in [9.17, 15) is 23.1 Å². The summed E-state index contributed by atoms with van der Waals surface area (Å²) in [7, 11) is 0. The van der Waals surface area contributed by atoms with E-state index < -0.39 is 35.5 Å². The zero-order valence-electron chi connectivity index (χ0n) is 21.8. The number of halogens is 3. The monoisotopic (exact) mass is 519 g/mol. The van der Waals surface area contributed by atoms with Crippen LogP contribution in [-0.4, -0.2) is 40.3 Å². The summed E-state index contributed by atoms with van der Waals surface area (Å²) in [6, 6.07) is 2.14. The summed E-state index contributed by atoms with van der Waals surface area (Å²) in [5.74, 6) is -3.01. The average Bonchev–Trinajstić information content (AvgIpc) is 2.76. The number of amides is 1. The summed E-state index contributed by atoms with van der Waals surface area (Å²) in [4.78, 5) is 16.4. The zero-order valence-corrected chi connectivity index (χ0v) is 21.8. The standard InChI is InChI=1S/C28H36F3N3O3/c1-16(35)34-23(11-19-21(30)9-18(29)10-22(19)31)25(36)15-32-24-13-28(6-5-7-28)37-26-20(24)8-17(14-33-26)12-27(2,3)4/h8-10,14,23-25,32,36H,5-7,11-13,15H2,1-4H3,(H,34,35)/t23-,24-,25-/m0/s1. The Morgan fingerprint density at radius 2 is 1.89 bits per heavy atom. The summed E-state index contributed by atoms with van der Waals surface area (Å²) in [5.41, 5.74) is 1.41. The van der Waals surface area contributed by atoms with E-state index in [1.54, 1.807) is 0 Å². The fourth-order valence-electron chi connectivity index (χ4n) is 5.28. The van der Waals surface area contributed by atoms with Gasteiger partial charge >= 0.3 is 0 Å². The predicted octanol–water partition coefficient (Wildman–Crippen LogP) is 4.53. The molecule has 1 aliphatic carbocycles. The first-order valence-electron chi connectivity index (χ1n) is 12.8. The number of carbonyl (C=O) groups excluding carboxylic acids is 1. The second-order valence-corrected chi connectivity index (χ2v) is 11.7. The van der Waals surface area contributed by atoms with Crippen molar-refractivity contribution >= 4 is 5.91 Å². The van der Waals surface area contributed by atoms with E-state index in [-0.39, 0.29) is 35.6 Å². The summed E-state index contributed by atoms with van der Waals surface area (Å²) in [6.07, 6.45) is 4.84. The summed E-state index contributed by atoms with van der Waals surface area (Å²) in [5, 5.41) is 17.0. The van der Waals surface area contributed by atoms with Crippen LogP contribution in [0.25, 0.3) is 0 Å². The number of nitrogens with zero attached hydrogens (tertiary/aromatic N) is 1. The maximum Gasteiger partial charge on any atom is 0.218 e. The molecule has 9 heteroatoms. The highest BCUT2D eigenvalue weighted by Crippen LogP contribution is 2.48. The number of pyridine rings is 1. The van der Waals surface area contributed by atoms with Crippen molar-refractivity contribution < 1.29 is 27.8 Å². The number of ether oxygens (including phenoxy) is 1. The van der Waals surface area contributed by atoms with E-state index in [4.69, 9.17) is 4.74 Å². The Kier molecular flexibility index (Phi) is 7.85. The van der Waals surface area contributed by atoms with Gasteiger partial charge in [0.1, 0.15) is 23.1 Å². The van der Waals surface area contributed by atoms with Crippen LogP contribution < -0.4 is 15.4 Å². The van der Waals surface area contributed by atoms with Crippen molar-refractivity contribution in [1.82, 2.24) is 15.6 Å². The van der Waals surface area contributed by atoms with Crippen LogP contribution in [0.15, 0.2) is 24.4 Å². The number of nitrogens with one attached hydrogen (secondary N) is 2. The molecule has 37 heavy (non-hydrogen) atoms. The molecule has 0 saturated heterocycles. The SMILES string of the molecule is CC(=O)N[C@@H](Cc1c(F)cc(F)cc1F)[C@@H](O)CN[C@H]1CC2(CCC2)Oc2ncc(CC(C)(C)C)cc21. The van der Waals surface area contributed by atoms with Gasteiger partial charge in [-0.2, -0.15) is 0 Å². The van der Waals surface area contributed by atoms with Crippen LogP contribution in [0.3, 0.4) is 0 Å². The third kappa shape index (κ3) is 6.62. The Hall–Kier alpha value is -2.65. The Labute approximate surface area is 216 Å². The van der Waals surface area contributed by atoms with E-state index in [1.165, 1.54) is 6.92 Å². The van der Waals surface area contributed by atoms with Crippen molar-refractivity contribution in [3.05, 3.63) is 58.5 Å². The minimum atomic E-state index is -1.16. The summed E-state index contributed by atoms with van der Waals surface area (Å²) in [6.45, 7) is 7.80. The Morgan fingerprint density at radius 1 is 1.22 bits per heavy atom. The average molecular weight is 520 g/mol. The quantitative estimate of drug-likeness (QED) is 0.477. The Bertz CT molecular complexity index is 1120. The van der Waals surface area contributed by atoms with Crippen LogP contribution in [0.2, 0.25) is 0 Å². The maximum absolute atomic E-state index is 14.3. The van der Waals surface area contributed by atoms with Gasteiger partial charge in [0.2, 0.25) is 11.8 Å². The third-order valence-electron chi connectivity index (χ3n) is 7.16. The van der Waals surface area contributed by atoms with Gasteiger partial charge in [-0.3, -0.25) is 4.79 Å². The fraction of sp³-hybridized carbons (Fsp3) is 0.571. The van der Waals surface area contributed by atoms with E-state index in [0.717, 1.165) is 36.8 Å². The summed E-state index contributed by atoms with van der Waals surface area (Å²) < 4.78 is 48.2. The van der Waals surface area contributed by atoms with Crippen LogP contribution in [0.1, 0.15) is 76.1 Å². The lowest BCUT2D eigenvalue weighted by atomic mass is 9.73. The van der Waals surface area contributed by atoms with Gasteiger partial charge in [-0.25, -0.2) is 18.2 Å². The van der Waals surface area contributed by atoms with Gasteiger partial charge in [0, 0.05) is 61.8 Å². The van der Waals surface area contributed by atoms with Gasteiger partial charge < -0.3 is 20.5 Å². The molecule has 202 valence electrons. The number of benzene rings is 1. The van der Waals surface area contributed by atoms with Gasteiger partial charge in [-0.1, -0.05) is 20.8 Å². The number of carbonyl (C=O) groups is 1. The fourth-order valence-corrected chi connectivity index (χ4v) is 5.28. The van der Waals surface area contributed by atoms with E-state index in [0.29, 0.717) is 24.4 Å². The first-order chi connectivity index (χ1) is 17.3. The lowest BCUT2D eigenvalue weighted by molar-refractivity contribution is -0.120. The van der Waals surface area contributed by atoms with Gasteiger partial charge in [-0.05, 0) is 42.7 Å². The number of aliphatic hydroxyl groups excluding tert-OH is 1. The van der Waals surface area contributed by atoms with Gasteiger partial charge in [-0.15, -0.1) is 0 Å². The molecule has 1 aromatic carbocycles. The number of fused-ring (bicyclic) bond motifs is 1. The molecule has 0 radical (unpaired) electrons. The van der Waals surface area contributed by atoms with Crippen molar-refractivity contribution in [2.45, 2.75) is 90.0 Å². The van der Waals surface area contributed by atoms with Crippen LogP contribution in [-0.2, 0) is 17.6 Å². The topological polar surface area (TPSA) is 83.5 Å². The lowest BCUT2D eigenvalue weighted by Gasteiger charge is -2.47. The normalized spacial score (nSPS) is 19.9. The summed E-state index contributed by atoms with van der Waals surface area (Å²) >= 11 is 0. The molecule has 4 rings (SSSR count). The molecule has 3 atom stereocenters. The molecule has 2 heterocycles. The molecule has 1 aliphatic heterocycles. The highest BCUT2D eigenvalue weighted by atomic mass is 19.1. The first kappa shape index (κ1) is 27.4. The van der Waals surface area contributed by atoms with Gasteiger partial charge in [0.25, 0.3) is 0 Å². The van der Waals surface area contributed by atoms with Crippen molar-refractivity contribution in [3.8, 4) is 5.88 Å². The molecule has 1 amide bonds. The van der Waals surface area contributed by atoms with Gasteiger partial charge in [0.05, 0.1) is 12.1 Å². The number of aromatic nitrogens is 1. The highest BCUT2D eigenvalue weighted by Gasteiger charge is 2.46. The molecule has 6 nitrogen and oxygen atoms in total. The van der Waals surface area contributed by atoms with Crippen molar-refractivity contribution in [2.75, 3.05) is 6.54 Å². The van der Waals surface area contributed by atoms with Crippen LogP contribution in [0.4, 0.5) is 13.2 Å². The van der Waals surface area contributed by atoms with Crippen LogP contribution in [0.5, 0.6) is 5.88 Å². The minimum Gasteiger partial charge on any atom is -0.471 e. The second kappa shape index (κ2) is 10.6. The molecule has 1 spiro atoms. The van der Waals surface area contributed by atoms with E-state index in [1.807, 2.05) is 6.20 Å². The maximum atomic E-state index is 14.3. The Morgan fingerprint density at radius 3 is 2.46 bits per heavy atom. The molecular weight excluding hydrogens is 483 g/mol. The zero-order chi connectivity index (χ0) is 27.0. The largest absolute Gasteiger partial charge is 0.471 e. The number of hydrogen-bond acceptors (Lipinski definition) is 5. The van der Waals surface area contributed by atoms with E-state index >= 15 is 0 Å². The van der Waals surface area contributed by atoms with E-state index in [2.05, 4.69) is 42.5 Å². The number of rotatable bonds is 8.